The summed E-state index contributed by atoms with van der Waals surface area (Å²) in [4.78, 5) is 17.3. The molecule has 0 aliphatic carbocycles. The number of benzene rings is 3. The monoisotopic (exact) mass is 486 g/mol. The fourth-order valence-corrected chi connectivity index (χ4v) is 4.40. The van der Waals surface area contributed by atoms with Gasteiger partial charge in [-0.15, -0.1) is 0 Å². The number of carbonyl (C=O) groups excluding carboxylic acids is 1. The van der Waals surface area contributed by atoms with Crippen molar-refractivity contribution in [3.8, 4) is 5.75 Å². The second-order valence-corrected chi connectivity index (χ2v) is 9.51. The highest BCUT2D eigenvalue weighted by atomic mass is 19.1. The van der Waals surface area contributed by atoms with Crippen LogP contribution in [0.3, 0.4) is 0 Å². The van der Waals surface area contributed by atoms with Gasteiger partial charge in [0.2, 0.25) is 0 Å². The number of Topliss-reactive ketones (excluding diaryl/α,β-unsaturated/α-hetero) is 1. The van der Waals surface area contributed by atoms with Gasteiger partial charge in [-0.05, 0) is 59.0 Å². The summed E-state index contributed by atoms with van der Waals surface area (Å²) in [6.07, 6.45) is 0. The van der Waals surface area contributed by atoms with Crippen molar-refractivity contribution in [2.75, 3.05) is 6.54 Å². The summed E-state index contributed by atoms with van der Waals surface area (Å²) < 4.78 is 19.5. The zero-order chi connectivity index (χ0) is 26.3. The number of ether oxygens (including phenoxy) is 1. The average molecular weight is 487 g/mol. The molecule has 1 atom stereocenters. The van der Waals surface area contributed by atoms with E-state index >= 15 is 0 Å². The molecule has 3 aromatic carbocycles. The maximum Gasteiger partial charge on any atom is 0.176 e. The number of nitrogens with two attached hydrogens (primary N) is 1. The normalized spacial score (nSPS) is 12.0. The van der Waals surface area contributed by atoms with Gasteiger partial charge in [-0.1, -0.05) is 71.0 Å². The predicted molar refractivity (Wildman–Crippen MR) is 145 cm³/mol. The van der Waals surface area contributed by atoms with Gasteiger partial charge in [0.1, 0.15) is 18.2 Å². The Morgan fingerprint density at radius 1 is 0.972 bits per heavy atom. The van der Waals surface area contributed by atoms with Crippen molar-refractivity contribution >= 4 is 16.7 Å². The van der Waals surface area contributed by atoms with Gasteiger partial charge >= 0.3 is 0 Å². The number of carbonyl (C=O) groups is 1. The summed E-state index contributed by atoms with van der Waals surface area (Å²) in [5, 5.41) is 0.742. The van der Waals surface area contributed by atoms with Gasteiger partial charge in [0.15, 0.2) is 5.78 Å². The second kappa shape index (κ2) is 11.9. The zero-order valence-electron chi connectivity index (χ0n) is 21.7. The molecule has 4 rings (SSSR count). The molecular formula is C31H35FN2O2. The predicted octanol–water partition coefficient (Wildman–Crippen LogP) is 7.30. The minimum absolute atomic E-state index is 0.0311. The van der Waals surface area contributed by atoms with E-state index in [0.29, 0.717) is 16.8 Å². The van der Waals surface area contributed by atoms with Gasteiger partial charge in [-0.3, -0.25) is 4.79 Å². The molecule has 0 aliphatic heterocycles. The zero-order valence-corrected chi connectivity index (χ0v) is 21.7. The van der Waals surface area contributed by atoms with Gasteiger partial charge in [0.25, 0.3) is 0 Å². The SMILES string of the molecule is CC.CC(C)(C)C(c1ccccc1)c1cc(OCc2ccc3cc(F)ccc3n2)ccc1C(=O)CN. The number of hydrogen-bond donors (Lipinski definition) is 1. The van der Waals surface area contributed by atoms with Crippen molar-refractivity contribution in [3.63, 3.8) is 0 Å². The molecule has 1 unspecified atom stereocenters. The molecule has 0 fully saturated rings. The molecule has 36 heavy (non-hydrogen) atoms. The van der Waals surface area contributed by atoms with Crippen LogP contribution < -0.4 is 10.5 Å². The highest BCUT2D eigenvalue weighted by Gasteiger charge is 2.31. The van der Waals surface area contributed by atoms with Crippen molar-refractivity contribution < 1.29 is 13.9 Å². The third-order valence-corrected chi connectivity index (χ3v) is 5.91. The van der Waals surface area contributed by atoms with Crippen LogP contribution in [0, 0.1) is 11.2 Å². The summed E-state index contributed by atoms with van der Waals surface area (Å²) in [7, 11) is 0. The molecule has 0 aliphatic rings. The van der Waals surface area contributed by atoms with Crippen molar-refractivity contribution in [1.29, 1.82) is 0 Å². The van der Waals surface area contributed by atoms with E-state index in [1.807, 2.05) is 50.2 Å². The van der Waals surface area contributed by atoms with Gasteiger partial charge in [0, 0.05) is 16.9 Å². The van der Waals surface area contributed by atoms with E-state index < -0.39 is 0 Å². The second-order valence-electron chi connectivity index (χ2n) is 9.51. The lowest BCUT2D eigenvalue weighted by atomic mass is 9.71. The molecule has 5 heteroatoms. The number of hydrogen-bond acceptors (Lipinski definition) is 4. The lowest BCUT2D eigenvalue weighted by Crippen LogP contribution is -2.24. The van der Waals surface area contributed by atoms with E-state index in [2.05, 4.69) is 37.9 Å². The number of ketones is 1. The van der Waals surface area contributed by atoms with Crippen LogP contribution >= 0.6 is 0 Å². The van der Waals surface area contributed by atoms with Crippen LogP contribution in [-0.2, 0) is 6.61 Å². The first-order chi connectivity index (χ1) is 17.3. The molecule has 0 radical (unpaired) electrons. The van der Waals surface area contributed by atoms with Crippen molar-refractivity contribution in [3.05, 3.63) is 107 Å². The number of nitrogens with zero attached hydrogens (tertiary/aromatic N) is 1. The van der Waals surface area contributed by atoms with Gasteiger partial charge in [-0.25, -0.2) is 9.37 Å². The van der Waals surface area contributed by atoms with E-state index in [1.165, 1.54) is 12.1 Å². The van der Waals surface area contributed by atoms with Crippen LogP contribution in [0.15, 0.2) is 78.9 Å². The van der Waals surface area contributed by atoms with Crippen molar-refractivity contribution in [2.45, 2.75) is 47.1 Å². The van der Waals surface area contributed by atoms with Gasteiger partial charge in [0.05, 0.1) is 17.8 Å². The first-order valence-electron chi connectivity index (χ1n) is 12.4. The molecule has 0 saturated carbocycles. The molecule has 188 valence electrons. The molecule has 0 bridgehead atoms. The highest BCUT2D eigenvalue weighted by Crippen LogP contribution is 2.43. The smallest absolute Gasteiger partial charge is 0.176 e. The maximum absolute atomic E-state index is 13.4. The van der Waals surface area contributed by atoms with Crippen LogP contribution in [0.2, 0.25) is 0 Å². The first-order valence-corrected chi connectivity index (χ1v) is 12.4. The molecule has 4 aromatic rings. The fourth-order valence-electron chi connectivity index (χ4n) is 4.40. The number of halogens is 1. The number of fused-ring (bicyclic) bond motifs is 1. The van der Waals surface area contributed by atoms with Crippen LogP contribution in [0.5, 0.6) is 5.75 Å². The molecular weight excluding hydrogens is 451 g/mol. The maximum atomic E-state index is 13.4. The standard InChI is InChI=1S/C29H29FN2O2.C2H6/c1-29(2,3)28(19-7-5-4-6-8-19)25-16-23(12-13-24(25)27(33)17-31)34-18-22-11-9-20-15-21(30)10-14-26(20)32-22;1-2/h4-16,28H,17-18,31H2,1-3H3;1-2H3. The number of rotatable bonds is 7. The van der Waals surface area contributed by atoms with E-state index in [0.717, 1.165) is 22.2 Å². The largest absolute Gasteiger partial charge is 0.487 e. The van der Waals surface area contributed by atoms with Gasteiger partial charge in [-0.2, -0.15) is 0 Å². The Labute approximate surface area is 213 Å². The molecule has 4 nitrogen and oxygen atoms in total. The third-order valence-electron chi connectivity index (χ3n) is 5.91. The number of pyridine rings is 1. The Morgan fingerprint density at radius 2 is 1.69 bits per heavy atom. The topological polar surface area (TPSA) is 65.2 Å². The molecule has 0 spiro atoms. The van der Waals surface area contributed by atoms with Crippen molar-refractivity contribution in [1.82, 2.24) is 4.98 Å². The summed E-state index contributed by atoms with van der Waals surface area (Å²) in [5.74, 6) is 0.228. The molecule has 0 amide bonds. The van der Waals surface area contributed by atoms with Gasteiger partial charge < -0.3 is 10.5 Å². The van der Waals surface area contributed by atoms with E-state index in [9.17, 15) is 9.18 Å². The summed E-state index contributed by atoms with van der Waals surface area (Å²) in [6, 6.07) is 23.9. The summed E-state index contributed by atoms with van der Waals surface area (Å²) in [6.45, 7) is 10.7. The van der Waals surface area contributed by atoms with E-state index in [-0.39, 0.29) is 36.1 Å². The Hall–Kier alpha value is -3.57. The van der Waals surface area contributed by atoms with Crippen LogP contribution in [0.25, 0.3) is 10.9 Å². The Kier molecular flexibility index (Phi) is 8.94. The number of aromatic nitrogens is 1. The molecule has 1 aromatic heterocycles. The van der Waals surface area contributed by atoms with Crippen LogP contribution in [0.1, 0.15) is 67.7 Å². The van der Waals surface area contributed by atoms with Crippen LogP contribution in [-0.4, -0.2) is 17.3 Å². The quantitative estimate of drug-likeness (QED) is 0.278. The van der Waals surface area contributed by atoms with E-state index in [4.69, 9.17) is 10.5 Å². The molecule has 2 N–H and O–H groups in total. The minimum Gasteiger partial charge on any atom is -0.487 e. The van der Waals surface area contributed by atoms with E-state index in [1.54, 1.807) is 18.2 Å². The lowest BCUT2D eigenvalue weighted by molar-refractivity contribution is 0.0999. The minimum atomic E-state index is -0.287. The Morgan fingerprint density at radius 3 is 2.36 bits per heavy atom. The summed E-state index contributed by atoms with van der Waals surface area (Å²) >= 11 is 0. The third kappa shape index (κ3) is 6.35. The Bertz CT molecular complexity index is 1310. The highest BCUT2D eigenvalue weighted by molar-refractivity contribution is 5.99. The lowest BCUT2D eigenvalue weighted by Gasteiger charge is -2.33. The van der Waals surface area contributed by atoms with Crippen LogP contribution in [0.4, 0.5) is 4.39 Å². The fraction of sp³-hybridized carbons (Fsp3) is 0.290. The van der Waals surface area contributed by atoms with Crippen molar-refractivity contribution in [2.24, 2.45) is 11.1 Å². The molecule has 0 saturated heterocycles. The average Bonchev–Trinajstić information content (AvgIpc) is 2.88. The Balaban J connectivity index is 0.00000176. The first kappa shape index (κ1) is 27.0. The molecule has 1 heterocycles. The summed E-state index contributed by atoms with van der Waals surface area (Å²) in [5.41, 5.74) is 9.67.